The number of carboxylic acid groups (broad SMARTS) is 1. The number of anilines is 2. The van der Waals surface area contributed by atoms with Gasteiger partial charge in [0.15, 0.2) is 5.78 Å². The summed E-state index contributed by atoms with van der Waals surface area (Å²) in [4.78, 5) is 50.0. The number of rotatable bonds is 4. The standard InChI is InChI=1S/C18H18N2O5/c1-10(21)13(16(23)24)9-20(11(2)22)12-4-5-15-14(8-12)18(6-7-18)17(25)19(15)3/h4-5,8-9H,6-7H2,1-3H3,(H,23,24)/b13-9+. The number of likely N-dealkylation sites (N-methyl/N-ethyl adjacent to an activating group) is 1. The van der Waals surface area contributed by atoms with E-state index < -0.39 is 28.6 Å². The van der Waals surface area contributed by atoms with E-state index in [1.807, 2.05) is 0 Å². The van der Waals surface area contributed by atoms with Gasteiger partial charge in [-0.05, 0) is 43.5 Å². The first kappa shape index (κ1) is 16.9. The van der Waals surface area contributed by atoms with Gasteiger partial charge in [0.2, 0.25) is 11.8 Å². The minimum absolute atomic E-state index is 0.0412. The zero-order valence-corrected chi connectivity index (χ0v) is 14.2. The molecule has 0 unspecified atom stereocenters. The molecule has 1 aromatic carbocycles. The topological polar surface area (TPSA) is 95.0 Å². The molecule has 0 radical (unpaired) electrons. The smallest absolute Gasteiger partial charge is 0.340 e. The van der Waals surface area contributed by atoms with E-state index in [1.54, 1.807) is 30.1 Å². The number of aliphatic carboxylic acids is 1. The molecule has 2 aliphatic rings. The van der Waals surface area contributed by atoms with Crippen LogP contribution in [0.5, 0.6) is 0 Å². The van der Waals surface area contributed by atoms with Crippen LogP contribution in [0.1, 0.15) is 32.3 Å². The second kappa shape index (κ2) is 5.54. The lowest BCUT2D eigenvalue weighted by atomic mass is 9.97. The summed E-state index contributed by atoms with van der Waals surface area (Å²) >= 11 is 0. The van der Waals surface area contributed by atoms with Crippen molar-refractivity contribution in [3.63, 3.8) is 0 Å². The fourth-order valence-electron chi connectivity index (χ4n) is 3.28. The van der Waals surface area contributed by atoms with Gasteiger partial charge in [0.25, 0.3) is 0 Å². The molecule has 1 aliphatic heterocycles. The Hall–Kier alpha value is -2.96. The highest BCUT2D eigenvalue weighted by Crippen LogP contribution is 2.57. The van der Waals surface area contributed by atoms with E-state index >= 15 is 0 Å². The molecule has 1 saturated carbocycles. The molecule has 3 rings (SSSR count). The molecule has 25 heavy (non-hydrogen) atoms. The molecule has 130 valence electrons. The summed E-state index contributed by atoms with van der Waals surface area (Å²) in [6.07, 6.45) is 2.56. The lowest BCUT2D eigenvalue weighted by Gasteiger charge is -2.19. The van der Waals surface area contributed by atoms with Gasteiger partial charge in [-0.25, -0.2) is 4.79 Å². The van der Waals surface area contributed by atoms with E-state index in [1.165, 1.54) is 6.92 Å². The van der Waals surface area contributed by atoms with Crippen LogP contribution in [0, 0.1) is 0 Å². The number of ketones is 1. The number of hydrogen-bond acceptors (Lipinski definition) is 4. The lowest BCUT2D eigenvalue weighted by molar-refractivity contribution is -0.134. The predicted octanol–water partition coefficient (Wildman–Crippen LogP) is 1.60. The van der Waals surface area contributed by atoms with Crippen molar-refractivity contribution >= 4 is 34.9 Å². The third-order valence-corrected chi connectivity index (χ3v) is 4.81. The first-order valence-electron chi connectivity index (χ1n) is 7.87. The molecule has 2 amide bonds. The van der Waals surface area contributed by atoms with Crippen LogP contribution in [0.4, 0.5) is 11.4 Å². The highest BCUT2D eigenvalue weighted by atomic mass is 16.4. The van der Waals surface area contributed by atoms with Gasteiger partial charge in [-0.15, -0.1) is 0 Å². The number of carboxylic acids is 1. The van der Waals surface area contributed by atoms with E-state index in [0.717, 1.165) is 42.1 Å². The van der Waals surface area contributed by atoms with Crippen LogP contribution >= 0.6 is 0 Å². The Balaban J connectivity index is 2.09. The number of benzene rings is 1. The molecule has 0 bridgehead atoms. The highest BCUT2D eigenvalue weighted by molar-refractivity contribution is 6.17. The maximum atomic E-state index is 12.4. The molecule has 1 fully saturated rings. The number of hydrogen-bond donors (Lipinski definition) is 1. The van der Waals surface area contributed by atoms with Crippen LogP contribution < -0.4 is 9.80 Å². The van der Waals surface area contributed by atoms with Gasteiger partial charge in [0, 0.05) is 31.5 Å². The van der Waals surface area contributed by atoms with Crippen LogP contribution in [-0.2, 0) is 24.6 Å². The van der Waals surface area contributed by atoms with E-state index in [0.29, 0.717) is 5.69 Å². The zero-order valence-electron chi connectivity index (χ0n) is 14.2. The lowest BCUT2D eigenvalue weighted by Crippen LogP contribution is -2.28. The number of carbonyl (C=O) groups is 4. The van der Waals surface area contributed by atoms with Crippen LogP contribution in [0.2, 0.25) is 0 Å². The third-order valence-electron chi connectivity index (χ3n) is 4.81. The minimum Gasteiger partial charge on any atom is -0.478 e. The fourth-order valence-corrected chi connectivity index (χ4v) is 3.28. The molecule has 7 nitrogen and oxygen atoms in total. The number of amides is 2. The second-order valence-electron chi connectivity index (χ2n) is 6.44. The Morgan fingerprint density at radius 2 is 1.88 bits per heavy atom. The molecule has 1 spiro atoms. The van der Waals surface area contributed by atoms with Gasteiger partial charge in [-0.1, -0.05) is 0 Å². The molecule has 0 aromatic heterocycles. The molecule has 1 aromatic rings. The minimum atomic E-state index is -1.39. The molecule has 0 saturated heterocycles. The molecular weight excluding hydrogens is 324 g/mol. The van der Waals surface area contributed by atoms with Crippen molar-refractivity contribution in [3.05, 3.63) is 35.5 Å². The Morgan fingerprint density at radius 1 is 1.24 bits per heavy atom. The number of nitrogens with zero attached hydrogens (tertiary/aromatic N) is 2. The zero-order chi connectivity index (χ0) is 18.5. The SMILES string of the molecule is CC(=O)/C(=C\N(C(C)=O)c1ccc2c(c1)C1(CC1)C(=O)N2C)C(=O)O. The molecule has 1 N–H and O–H groups in total. The van der Waals surface area contributed by atoms with Crippen molar-refractivity contribution in [1.82, 2.24) is 0 Å². The average Bonchev–Trinajstić information content (AvgIpc) is 3.31. The molecule has 7 heteroatoms. The summed E-state index contributed by atoms with van der Waals surface area (Å²) in [5, 5.41) is 9.16. The molecule has 1 heterocycles. The molecule has 1 aliphatic carbocycles. The van der Waals surface area contributed by atoms with Crippen molar-refractivity contribution in [1.29, 1.82) is 0 Å². The Labute approximate surface area is 144 Å². The Bertz CT molecular complexity index is 835. The van der Waals surface area contributed by atoms with Crippen molar-refractivity contribution in [2.75, 3.05) is 16.8 Å². The van der Waals surface area contributed by atoms with Crippen molar-refractivity contribution < 1.29 is 24.3 Å². The van der Waals surface area contributed by atoms with Gasteiger partial charge < -0.3 is 10.0 Å². The number of carbonyl (C=O) groups excluding carboxylic acids is 3. The summed E-state index contributed by atoms with van der Waals surface area (Å²) in [6.45, 7) is 2.42. The summed E-state index contributed by atoms with van der Waals surface area (Å²) in [7, 11) is 1.72. The summed E-state index contributed by atoms with van der Waals surface area (Å²) in [5.41, 5.74) is 1.08. The fraction of sp³-hybridized carbons (Fsp3) is 0.333. The Morgan fingerprint density at radius 3 is 2.36 bits per heavy atom. The molecular formula is C18H18N2O5. The Kier molecular flexibility index (Phi) is 3.74. The second-order valence-corrected chi connectivity index (χ2v) is 6.44. The first-order chi connectivity index (χ1) is 11.7. The van der Waals surface area contributed by atoms with Crippen LogP contribution in [-0.4, -0.2) is 35.7 Å². The average molecular weight is 342 g/mol. The van der Waals surface area contributed by atoms with Crippen LogP contribution in [0.25, 0.3) is 0 Å². The van der Waals surface area contributed by atoms with Gasteiger partial charge in [-0.2, -0.15) is 0 Å². The normalized spacial score (nSPS) is 17.5. The van der Waals surface area contributed by atoms with Crippen molar-refractivity contribution in [2.45, 2.75) is 32.1 Å². The third kappa shape index (κ3) is 2.52. The quantitative estimate of drug-likeness (QED) is 0.509. The summed E-state index contributed by atoms with van der Waals surface area (Å²) < 4.78 is 0. The van der Waals surface area contributed by atoms with Crippen molar-refractivity contribution in [2.24, 2.45) is 0 Å². The van der Waals surface area contributed by atoms with Gasteiger partial charge in [0.1, 0.15) is 5.57 Å². The van der Waals surface area contributed by atoms with E-state index in [-0.39, 0.29) is 5.91 Å². The summed E-state index contributed by atoms with van der Waals surface area (Å²) in [5.74, 6) is -2.43. The van der Waals surface area contributed by atoms with E-state index in [2.05, 4.69) is 0 Å². The van der Waals surface area contributed by atoms with Gasteiger partial charge in [0.05, 0.1) is 5.41 Å². The number of fused-ring (bicyclic) bond motifs is 2. The monoisotopic (exact) mass is 342 g/mol. The van der Waals surface area contributed by atoms with E-state index in [9.17, 15) is 19.2 Å². The number of Topliss-reactive ketones (excluding diaryl/α,β-unsaturated/α-hetero) is 1. The maximum absolute atomic E-state index is 12.4. The summed E-state index contributed by atoms with van der Waals surface area (Å²) in [6, 6.07) is 5.12. The first-order valence-corrected chi connectivity index (χ1v) is 7.87. The van der Waals surface area contributed by atoms with Gasteiger partial charge in [-0.3, -0.25) is 19.3 Å². The van der Waals surface area contributed by atoms with E-state index in [4.69, 9.17) is 5.11 Å². The van der Waals surface area contributed by atoms with Gasteiger partial charge >= 0.3 is 5.97 Å². The van der Waals surface area contributed by atoms with Crippen molar-refractivity contribution in [3.8, 4) is 0 Å². The van der Waals surface area contributed by atoms with Crippen LogP contribution in [0.15, 0.2) is 30.0 Å². The highest BCUT2D eigenvalue weighted by Gasteiger charge is 2.58. The predicted molar refractivity (Wildman–Crippen MR) is 90.3 cm³/mol. The largest absolute Gasteiger partial charge is 0.478 e. The van der Waals surface area contributed by atoms with Crippen LogP contribution in [0.3, 0.4) is 0 Å². The maximum Gasteiger partial charge on any atom is 0.340 e. The molecule has 0 atom stereocenters.